The van der Waals surface area contributed by atoms with Crippen molar-refractivity contribution in [3.05, 3.63) is 29.8 Å². The molecule has 0 heterocycles. The fraction of sp³-hybridized carbons (Fsp3) is 0.500. The highest BCUT2D eigenvalue weighted by Crippen LogP contribution is 2.14. The van der Waals surface area contributed by atoms with Crippen LogP contribution in [0, 0.1) is 0 Å². The third-order valence-electron chi connectivity index (χ3n) is 2.95. The van der Waals surface area contributed by atoms with E-state index in [1.165, 1.54) is 24.3 Å². The zero-order valence-corrected chi connectivity index (χ0v) is 13.4. The average Bonchev–Trinajstić information content (AvgIpc) is 2.48. The number of carbonyl (C=O) groups is 1. The summed E-state index contributed by atoms with van der Waals surface area (Å²) in [7, 11) is -3.68. The van der Waals surface area contributed by atoms with Gasteiger partial charge in [0, 0.05) is 12.1 Å². The standard InChI is InChI=1S/C14H19F3N2O3S/c1-2-3-4-9-19-23(21,22)12-7-5-11(6-8-12)13(20)18-10-14(15,16)17/h5-8,19H,2-4,9-10H2,1H3,(H,18,20). The average molecular weight is 352 g/mol. The van der Waals surface area contributed by atoms with Crippen molar-refractivity contribution in [3.63, 3.8) is 0 Å². The van der Waals surface area contributed by atoms with Crippen LogP contribution < -0.4 is 10.0 Å². The van der Waals surface area contributed by atoms with E-state index < -0.39 is 28.7 Å². The maximum atomic E-state index is 12.0. The molecule has 1 rings (SSSR count). The number of carbonyl (C=O) groups excluding carboxylic acids is 1. The molecule has 0 aliphatic carbocycles. The molecule has 0 aliphatic rings. The second-order valence-electron chi connectivity index (χ2n) is 4.93. The van der Waals surface area contributed by atoms with Gasteiger partial charge >= 0.3 is 6.18 Å². The van der Waals surface area contributed by atoms with Crippen LogP contribution in [0.5, 0.6) is 0 Å². The Kier molecular flexibility index (Phi) is 7.01. The number of alkyl halides is 3. The van der Waals surface area contributed by atoms with Crippen molar-refractivity contribution < 1.29 is 26.4 Å². The summed E-state index contributed by atoms with van der Waals surface area (Å²) in [5, 5.41) is 1.72. The molecule has 0 radical (unpaired) electrons. The molecule has 9 heteroatoms. The molecule has 0 aromatic heterocycles. The third kappa shape index (κ3) is 7.00. The molecule has 0 atom stereocenters. The summed E-state index contributed by atoms with van der Waals surface area (Å²) >= 11 is 0. The Hall–Kier alpha value is -1.61. The number of amides is 1. The zero-order chi connectivity index (χ0) is 17.5. The lowest BCUT2D eigenvalue weighted by molar-refractivity contribution is -0.123. The Morgan fingerprint density at radius 3 is 2.26 bits per heavy atom. The minimum Gasteiger partial charge on any atom is -0.343 e. The molecule has 1 amide bonds. The van der Waals surface area contributed by atoms with Crippen LogP contribution in [0.2, 0.25) is 0 Å². The Labute approximate surface area is 133 Å². The summed E-state index contributed by atoms with van der Waals surface area (Å²) in [6.45, 7) is 0.867. The molecular weight excluding hydrogens is 333 g/mol. The lowest BCUT2D eigenvalue weighted by atomic mass is 10.2. The highest BCUT2D eigenvalue weighted by Gasteiger charge is 2.28. The Morgan fingerprint density at radius 1 is 1.13 bits per heavy atom. The molecule has 23 heavy (non-hydrogen) atoms. The summed E-state index contributed by atoms with van der Waals surface area (Å²) < 4.78 is 62.4. The number of nitrogens with one attached hydrogen (secondary N) is 2. The van der Waals surface area contributed by atoms with Gasteiger partial charge in [0.2, 0.25) is 10.0 Å². The van der Waals surface area contributed by atoms with Gasteiger partial charge in [-0.05, 0) is 30.7 Å². The van der Waals surface area contributed by atoms with Crippen LogP contribution in [0.15, 0.2) is 29.2 Å². The molecule has 1 aromatic rings. The van der Waals surface area contributed by atoms with E-state index in [1.807, 2.05) is 6.92 Å². The van der Waals surface area contributed by atoms with E-state index in [1.54, 1.807) is 5.32 Å². The first-order valence-electron chi connectivity index (χ1n) is 7.10. The fourth-order valence-electron chi connectivity index (χ4n) is 1.73. The highest BCUT2D eigenvalue weighted by atomic mass is 32.2. The highest BCUT2D eigenvalue weighted by molar-refractivity contribution is 7.89. The van der Waals surface area contributed by atoms with E-state index in [-0.39, 0.29) is 10.5 Å². The van der Waals surface area contributed by atoms with Gasteiger partial charge in [0.05, 0.1) is 4.90 Å². The van der Waals surface area contributed by atoms with Crippen LogP contribution >= 0.6 is 0 Å². The maximum absolute atomic E-state index is 12.0. The molecule has 0 unspecified atom stereocenters. The normalized spacial score (nSPS) is 12.2. The van der Waals surface area contributed by atoms with Gasteiger partial charge in [0.1, 0.15) is 6.54 Å². The van der Waals surface area contributed by atoms with Gasteiger partial charge in [-0.15, -0.1) is 0 Å². The number of hydrogen-bond acceptors (Lipinski definition) is 3. The third-order valence-corrected chi connectivity index (χ3v) is 4.43. The van der Waals surface area contributed by atoms with Gasteiger partial charge in [-0.2, -0.15) is 13.2 Å². The molecule has 1 aromatic carbocycles. The van der Waals surface area contributed by atoms with Crippen molar-refractivity contribution in [2.24, 2.45) is 0 Å². The minimum absolute atomic E-state index is 0.0404. The molecule has 5 nitrogen and oxygen atoms in total. The fourth-order valence-corrected chi connectivity index (χ4v) is 2.81. The summed E-state index contributed by atoms with van der Waals surface area (Å²) in [4.78, 5) is 11.5. The Balaban J connectivity index is 2.66. The minimum atomic E-state index is -4.50. The van der Waals surface area contributed by atoms with Gasteiger partial charge < -0.3 is 5.32 Å². The second-order valence-corrected chi connectivity index (χ2v) is 6.69. The molecular formula is C14H19F3N2O3S. The van der Waals surface area contributed by atoms with Gasteiger partial charge in [0.25, 0.3) is 5.91 Å². The van der Waals surface area contributed by atoms with Gasteiger partial charge in [-0.25, -0.2) is 13.1 Å². The van der Waals surface area contributed by atoms with E-state index in [0.717, 1.165) is 12.8 Å². The smallest absolute Gasteiger partial charge is 0.343 e. The molecule has 0 saturated heterocycles. The topological polar surface area (TPSA) is 75.3 Å². The van der Waals surface area contributed by atoms with Gasteiger partial charge in [-0.3, -0.25) is 4.79 Å². The van der Waals surface area contributed by atoms with Crippen molar-refractivity contribution >= 4 is 15.9 Å². The quantitative estimate of drug-likeness (QED) is 0.706. The second kappa shape index (κ2) is 8.30. The van der Waals surface area contributed by atoms with Crippen LogP contribution in [0.4, 0.5) is 13.2 Å². The summed E-state index contributed by atoms with van der Waals surface area (Å²) in [6, 6.07) is 4.72. The predicted molar refractivity (Wildman–Crippen MR) is 79.5 cm³/mol. The molecule has 0 spiro atoms. The Morgan fingerprint density at radius 2 is 1.74 bits per heavy atom. The molecule has 0 bridgehead atoms. The monoisotopic (exact) mass is 352 g/mol. The molecule has 0 fully saturated rings. The van der Waals surface area contributed by atoms with Crippen LogP contribution in [-0.2, 0) is 10.0 Å². The predicted octanol–water partition coefficient (Wildman–Crippen LogP) is 2.45. The maximum Gasteiger partial charge on any atom is 0.405 e. The van der Waals surface area contributed by atoms with Crippen LogP contribution in [0.1, 0.15) is 36.5 Å². The lowest BCUT2D eigenvalue weighted by Gasteiger charge is -2.09. The first kappa shape index (κ1) is 19.4. The van der Waals surface area contributed by atoms with Crippen LogP contribution in [-0.4, -0.2) is 33.6 Å². The summed E-state index contributed by atoms with van der Waals surface area (Å²) in [5.41, 5.74) is -0.0424. The van der Waals surface area contributed by atoms with Gasteiger partial charge in [0.15, 0.2) is 0 Å². The number of hydrogen-bond donors (Lipinski definition) is 2. The first-order valence-corrected chi connectivity index (χ1v) is 8.58. The van der Waals surface area contributed by atoms with Crippen molar-refractivity contribution in [1.82, 2.24) is 10.0 Å². The van der Waals surface area contributed by atoms with Crippen LogP contribution in [0.3, 0.4) is 0 Å². The van der Waals surface area contributed by atoms with Gasteiger partial charge in [-0.1, -0.05) is 19.8 Å². The van der Waals surface area contributed by atoms with E-state index in [9.17, 15) is 26.4 Å². The lowest BCUT2D eigenvalue weighted by Crippen LogP contribution is -2.33. The van der Waals surface area contributed by atoms with E-state index >= 15 is 0 Å². The van der Waals surface area contributed by atoms with E-state index in [4.69, 9.17) is 0 Å². The number of benzene rings is 1. The first-order chi connectivity index (χ1) is 10.7. The summed E-state index contributed by atoms with van der Waals surface area (Å²) in [6.07, 6.45) is -1.92. The largest absolute Gasteiger partial charge is 0.405 e. The van der Waals surface area contributed by atoms with E-state index in [0.29, 0.717) is 13.0 Å². The Bertz CT molecular complexity index is 613. The number of halogens is 3. The molecule has 130 valence electrons. The zero-order valence-electron chi connectivity index (χ0n) is 12.6. The molecule has 0 saturated carbocycles. The number of rotatable bonds is 8. The number of unbranched alkanes of at least 4 members (excludes halogenated alkanes) is 2. The SMILES string of the molecule is CCCCCNS(=O)(=O)c1ccc(C(=O)NCC(F)(F)F)cc1. The van der Waals surface area contributed by atoms with Crippen molar-refractivity contribution in [1.29, 1.82) is 0 Å². The van der Waals surface area contributed by atoms with Crippen molar-refractivity contribution in [2.45, 2.75) is 37.3 Å². The van der Waals surface area contributed by atoms with Crippen molar-refractivity contribution in [3.8, 4) is 0 Å². The van der Waals surface area contributed by atoms with Crippen molar-refractivity contribution in [2.75, 3.05) is 13.1 Å². The molecule has 0 aliphatic heterocycles. The molecule has 2 N–H and O–H groups in total. The number of sulfonamides is 1. The van der Waals surface area contributed by atoms with E-state index in [2.05, 4.69) is 4.72 Å². The van der Waals surface area contributed by atoms with Crippen LogP contribution in [0.25, 0.3) is 0 Å². The summed E-state index contributed by atoms with van der Waals surface area (Å²) in [5.74, 6) is -0.915.